The van der Waals surface area contributed by atoms with Gasteiger partial charge in [-0.05, 0) is 157 Å². The Balaban J connectivity index is 0.000000224. The summed E-state index contributed by atoms with van der Waals surface area (Å²) in [6.07, 6.45) is 0. The zero-order valence-corrected chi connectivity index (χ0v) is 51.6. The van der Waals surface area contributed by atoms with Crippen molar-refractivity contribution in [3.05, 3.63) is 327 Å². The summed E-state index contributed by atoms with van der Waals surface area (Å²) in [6.45, 7) is 26.1. The summed E-state index contributed by atoms with van der Waals surface area (Å²) in [5.74, 6) is 0.792. The molecule has 0 bridgehead atoms. The molecule has 0 amide bonds. The van der Waals surface area contributed by atoms with Crippen LogP contribution in [0.1, 0.15) is 79.8 Å². The number of nitriles is 5. The Bertz CT molecular complexity index is 3880. The SMILES string of the molecule is CC#N.Cc1cc(-c2ccccc2)nc(-c2ccccc2)c1.Cc1cc(C)nc(C)c1.Cc1ccc(C#N)cc1.Cc1cccc(C#N)c1.Cc1ccccc1C#N.Cc1nc(-c2ccccc2)cc(-c2ccccc2)n1.[C-]#[N+]c1cc(C)cc(C#N)c1. The molecule has 0 aliphatic rings. The first kappa shape index (κ1) is 68.6. The Hall–Kier alpha value is -11.9. The summed E-state index contributed by atoms with van der Waals surface area (Å²) in [7, 11) is 0. The lowest BCUT2D eigenvalue weighted by molar-refractivity contribution is 1.06. The molecule has 8 aromatic carbocycles. The van der Waals surface area contributed by atoms with Crippen LogP contribution in [-0.2, 0) is 0 Å². The molecule has 11 rings (SSSR count). The van der Waals surface area contributed by atoms with Crippen molar-refractivity contribution in [3.8, 4) is 75.4 Å². The van der Waals surface area contributed by atoms with Crippen molar-refractivity contribution in [1.29, 1.82) is 26.3 Å². The van der Waals surface area contributed by atoms with Crippen LogP contribution in [0.2, 0.25) is 0 Å². The van der Waals surface area contributed by atoms with Gasteiger partial charge in [-0.15, -0.1) is 0 Å². The molecule has 0 unspecified atom stereocenters. The molecule has 0 aliphatic carbocycles. The average molecular weight is 1150 g/mol. The van der Waals surface area contributed by atoms with Gasteiger partial charge >= 0.3 is 0 Å². The second kappa shape index (κ2) is 38.0. The summed E-state index contributed by atoms with van der Waals surface area (Å²) in [6, 6.07) is 89.0. The van der Waals surface area contributed by atoms with Gasteiger partial charge in [0.05, 0.1) is 76.4 Å². The molecule has 3 aromatic heterocycles. The highest BCUT2D eigenvalue weighted by molar-refractivity contribution is 5.69. The van der Waals surface area contributed by atoms with Crippen molar-refractivity contribution in [1.82, 2.24) is 19.9 Å². The predicted octanol–water partition coefficient (Wildman–Crippen LogP) is 19.4. The fourth-order valence-electron chi connectivity index (χ4n) is 8.24. The lowest BCUT2D eigenvalue weighted by atomic mass is 10.1. The second-order valence-corrected chi connectivity index (χ2v) is 19.9. The van der Waals surface area contributed by atoms with Crippen molar-refractivity contribution in [2.45, 2.75) is 69.2 Å². The van der Waals surface area contributed by atoms with Crippen LogP contribution in [0.4, 0.5) is 5.69 Å². The van der Waals surface area contributed by atoms with E-state index in [1.54, 1.807) is 30.3 Å². The minimum absolute atomic E-state index is 0.529. The van der Waals surface area contributed by atoms with Crippen LogP contribution in [0.25, 0.3) is 49.9 Å². The third kappa shape index (κ3) is 25.3. The number of hydrogen-bond donors (Lipinski definition) is 0. The lowest BCUT2D eigenvalue weighted by Gasteiger charge is -2.07. The second-order valence-electron chi connectivity index (χ2n) is 19.9. The first-order chi connectivity index (χ1) is 42.5. The molecule has 0 radical (unpaired) electrons. The van der Waals surface area contributed by atoms with E-state index < -0.39 is 0 Å². The number of hydrogen-bond acceptors (Lipinski definition) is 9. The van der Waals surface area contributed by atoms with Gasteiger partial charge in [0.25, 0.3) is 0 Å². The molecule has 0 saturated carbocycles. The topological polar surface area (TPSA) is 175 Å². The fourth-order valence-corrected chi connectivity index (χ4v) is 8.24. The molecule has 0 N–H and O–H groups in total. The first-order valence-corrected chi connectivity index (χ1v) is 28.1. The minimum Gasteiger partial charge on any atom is -0.258 e. The molecule has 432 valence electrons. The van der Waals surface area contributed by atoms with Crippen LogP contribution < -0.4 is 0 Å². The minimum atomic E-state index is 0.529. The van der Waals surface area contributed by atoms with Crippen molar-refractivity contribution in [2.24, 2.45) is 0 Å². The number of rotatable bonds is 4. The molecule has 3 heterocycles. The van der Waals surface area contributed by atoms with Gasteiger partial charge in [0, 0.05) is 46.1 Å². The number of nitrogens with zero attached hydrogens (tertiary/aromatic N) is 10. The Morgan fingerprint density at radius 1 is 0.318 bits per heavy atom. The van der Waals surface area contributed by atoms with E-state index in [2.05, 4.69) is 125 Å². The van der Waals surface area contributed by atoms with E-state index in [0.717, 1.165) is 95.6 Å². The number of aryl methyl sites for hydroxylation is 9. The standard InChI is InChI=1S/C18H15N.C17H14N2.C9H6N2.C8H11N.3C8H7N.C2H3N/c1-14-12-17(15-8-4-2-5-9-15)19-18(13-14)16-10-6-3-7-11-16;1-13-18-16(14-8-4-2-5-9-14)12-17(19-13)15-10-6-3-7-11-15;1-7-3-8(6-10)5-9(4-7)11-2;1-6-4-7(2)9-8(3)5-6;1-7-2-4-8(6-9)5-3-7;1-7-3-2-4-8(5-7)6-9;1-7-4-2-3-5-8(7)6-9;1-2-3/h2-13H,1H3;2-12H,1H3;3-5H,1H3;4-5H,1-3H3;3*2-5H,1H3;1H3. The summed E-state index contributed by atoms with van der Waals surface area (Å²) in [5.41, 5.74) is 20.9. The number of benzene rings is 8. The van der Waals surface area contributed by atoms with Gasteiger partial charge in [0.1, 0.15) is 5.82 Å². The molecule has 11 aromatic rings. The van der Waals surface area contributed by atoms with Gasteiger partial charge in [-0.2, -0.15) is 26.3 Å². The van der Waals surface area contributed by atoms with E-state index in [1.807, 2.05) is 200 Å². The van der Waals surface area contributed by atoms with Gasteiger partial charge in [0.15, 0.2) is 5.69 Å². The number of pyridine rings is 2. The maximum atomic E-state index is 8.53. The summed E-state index contributed by atoms with van der Waals surface area (Å²) < 4.78 is 0. The highest BCUT2D eigenvalue weighted by Gasteiger charge is 2.07. The summed E-state index contributed by atoms with van der Waals surface area (Å²) in [5, 5.41) is 41.1. The fraction of sp³-hybridized carbons (Fsp3) is 0.128. The van der Waals surface area contributed by atoms with Crippen molar-refractivity contribution < 1.29 is 0 Å². The van der Waals surface area contributed by atoms with Crippen LogP contribution in [0.15, 0.2) is 243 Å². The van der Waals surface area contributed by atoms with E-state index in [-0.39, 0.29) is 0 Å². The van der Waals surface area contributed by atoms with Crippen LogP contribution in [0.5, 0.6) is 0 Å². The Kier molecular flexibility index (Phi) is 29.6. The highest BCUT2D eigenvalue weighted by atomic mass is 14.9. The molecular weight excluding hydrogens is 1080 g/mol. The van der Waals surface area contributed by atoms with Crippen LogP contribution >= 0.6 is 0 Å². The molecule has 0 atom stereocenters. The zero-order chi connectivity index (χ0) is 64.1. The predicted molar refractivity (Wildman–Crippen MR) is 357 cm³/mol. The molecule has 0 saturated heterocycles. The van der Waals surface area contributed by atoms with Crippen LogP contribution in [0.3, 0.4) is 0 Å². The largest absolute Gasteiger partial charge is 0.258 e. The smallest absolute Gasteiger partial charge is 0.188 e. The zero-order valence-electron chi connectivity index (χ0n) is 51.6. The normalized spacial score (nSPS) is 9.18. The molecule has 10 heteroatoms. The van der Waals surface area contributed by atoms with Gasteiger partial charge in [-0.3, -0.25) is 4.98 Å². The molecule has 0 fully saturated rings. The molecule has 0 aliphatic heterocycles. The molecule has 0 spiro atoms. The lowest BCUT2D eigenvalue weighted by Crippen LogP contribution is -1.94. The first-order valence-electron chi connectivity index (χ1n) is 28.1. The van der Waals surface area contributed by atoms with Gasteiger partial charge in [-0.1, -0.05) is 181 Å². The molecular formula is C78H70N10. The van der Waals surface area contributed by atoms with E-state index >= 15 is 0 Å². The third-order valence-corrected chi connectivity index (χ3v) is 12.2. The maximum Gasteiger partial charge on any atom is 0.188 e. The Morgan fingerprint density at radius 3 is 1.09 bits per heavy atom. The van der Waals surface area contributed by atoms with Gasteiger partial charge in [0.2, 0.25) is 0 Å². The van der Waals surface area contributed by atoms with Crippen LogP contribution in [-0.4, -0.2) is 19.9 Å². The molecule has 10 nitrogen and oxygen atoms in total. The van der Waals surface area contributed by atoms with E-state index in [0.29, 0.717) is 11.3 Å². The van der Waals surface area contributed by atoms with Gasteiger partial charge < -0.3 is 0 Å². The van der Waals surface area contributed by atoms with Crippen molar-refractivity contribution >= 4 is 5.69 Å². The highest BCUT2D eigenvalue weighted by Crippen LogP contribution is 2.26. The van der Waals surface area contributed by atoms with E-state index in [4.69, 9.17) is 37.9 Å². The Morgan fingerprint density at radius 2 is 0.716 bits per heavy atom. The quantitative estimate of drug-likeness (QED) is 0.155. The van der Waals surface area contributed by atoms with Crippen molar-refractivity contribution in [2.75, 3.05) is 0 Å². The Labute approximate surface area is 520 Å². The number of aromatic nitrogens is 4. The summed E-state index contributed by atoms with van der Waals surface area (Å²) in [4.78, 5) is 21.3. The molecule has 88 heavy (non-hydrogen) atoms. The van der Waals surface area contributed by atoms with Crippen molar-refractivity contribution in [3.63, 3.8) is 0 Å². The van der Waals surface area contributed by atoms with Crippen LogP contribution in [0, 0.1) is 126 Å². The maximum absolute atomic E-state index is 8.53. The van der Waals surface area contributed by atoms with Gasteiger partial charge in [-0.25, -0.2) is 19.8 Å². The summed E-state index contributed by atoms with van der Waals surface area (Å²) >= 11 is 0. The third-order valence-electron chi connectivity index (χ3n) is 12.2. The monoisotopic (exact) mass is 1150 g/mol. The van der Waals surface area contributed by atoms with E-state index in [9.17, 15) is 0 Å². The average Bonchev–Trinajstić information content (AvgIpc) is 3.75. The van der Waals surface area contributed by atoms with E-state index in [1.165, 1.54) is 23.6 Å².